The van der Waals surface area contributed by atoms with Gasteiger partial charge in [0.1, 0.15) is 5.69 Å². The van der Waals surface area contributed by atoms with Gasteiger partial charge in [-0.15, -0.1) is 0 Å². The first-order chi connectivity index (χ1) is 10.8. The van der Waals surface area contributed by atoms with E-state index in [1.165, 1.54) is 12.1 Å². The highest BCUT2D eigenvalue weighted by atomic mass is 32.2. The molecule has 23 heavy (non-hydrogen) atoms. The first kappa shape index (κ1) is 15.0. The third kappa shape index (κ3) is 3.02. The SMILES string of the molecule is CS(=O)(=O)c1ccc(Nc2ccc3[nH]ccc3c2)c([N+](=O)[O-])c1. The van der Waals surface area contributed by atoms with Gasteiger partial charge in [0.15, 0.2) is 9.84 Å². The number of hydrogen-bond acceptors (Lipinski definition) is 5. The zero-order chi connectivity index (χ0) is 16.6. The van der Waals surface area contributed by atoms with Gasteiger partial charge in [-0.2, -0.15) is 0 Å². The van der Waals surface area contributed by atoms with Crippen molar-refractivity contribution in [2.75, 3.05) is 11.6 Å². The Morgan fingerprint density at radius 1 is 1.13 bits per heavy atom. The lowest BCUT2D eigenvalue weighted by atomic mass is 10.2. The molecule has 3 rings (SSSR count). The molecule has 0 saturated heterocycles. The lowest BCUT2D eigenvalue weighted by Crippen LogP contribution is -2.02. The fourth-order valence-corrected chi connectivity index (χ4v) is 2.93. The maximum Gasteiger partial charge on any atom is 0.293 e. The Labute approximate surface area is 132 Å². The van der Waals surface area contributed by atoms with Gasteiger partial charge in [0.2, 0.25) is 0 Å². The number of nitro groups is 1. The van der Waals surface area contributed by atoms with Crippen molar-refractivity contribution >= 4 is 37.8 Å². The molecule has 0 aliphatic rings. The van der Waals surface area contributed by atoms with Crippen molar-refractivity contribution in [1.82, 2.24) is 4.98 Å². The predicted octanol–water partition coefficient (Wildman–Crippen LogP) is 3.22. The number of nitro benzene ring substituents is 1. The van der Waals surface area contributed by atoms with E-state index >= 15 is 0 Å². The maximum atomic E-state index is 11.5. The Bertz CT molecular complexity index is 1010. The van der Waals surface area contributed by atoms with Crippen LogP contribution in [0.15, 0.2) is 53.6 Å². The molecule has 1 aromatic heterocycles. The van der Waals surface area contributed by atoms with Gasteiger partial charge in [-0.05, 0) is 36.4 Å². The molecule has 1 heterocycles. The third-order valence-electron chi connectivity index (χ3n) is 3.43. The average Bonchev–Trinajstić information content (AvgIpc) is 2.93. The number of aromatic nitrogens is 1. The van der Waals surface area contributed by atoms with Gasteiger partial charge in [-0.1, -0.05) is 0 Å². The second kappa shape index (κ2) is 5.40. The van der Waals surface area contributed by atoms with Crippen molar-refractivity contribution < 1.29 is 13.3 Å². The Morgan fingerprint density at radius 3 is 2.61 bits per heavy atom. The molecule has 0 unspecified atom stereocenters. The minimum atomic E-state index is -3.51. The van der Waals surface area contributed by atoms with Gasteiger partial charge in [0.25, 0.3) is 5.69 Å². The first-order valence-electron chi connectivity index (χ1n) is 6.67. The van der Waals surface area contributed by atoms with E-state index in [1.807, 2.05) is 18.2 Å². The summed E-state index contributed by atoms with van der Waals surface area (Å²) in [5, 5.41) is 15.2. The molecule has 2 N–H and O–H groups in total. The van der Waals surface area contributed by atoms with Crippen LogP contribution in [0.2, 0.25) is 0 Å². The molecular weight excluding hydrogens is 318 g/mol. The van der Waals surface area contributed by atoms with Gasteiger partial charge in [-0.3, -0.25) is 10.1 Å². The Hall–Kier alpha value is -2.87. The topological polar surface area (TPSA) is 105 Å². The van der Waals surface area contributed by atoms with E-state index in [4.69, 9.17) is 0 Å². The Morgan fingerprint density at radius 2 is 1.91 bits per heavy atom. The van der Waals surface area contributed by atoms with Gasteiger partial charge < -0.3 is 10.3 Å². The summed E-state index contributed by atoms with van der Waals surface area (Å²) in [6.45, 7) is 0. The van der Waals surface area contributed by atoms with Crippen molar-refractivity contribution in [2.45, 2.75) is 4.90 Å². The highest BCUT2D eigenvalue weighted by molar-refractivity contribution is 7.90. The van der Waals surface area contributed by atoms with E-state index in [9.17, 15) is 18.5 Å². The number of nitrogens with zero attached hydrogens (tertiary/aromatic N) is 1. The maximum absolute atomic E-state index is 11.5. The largest absolute Gasteiger partial charge is 0.361 e. The summed E-state index contributed by atoms with van der Waals surface area (Å²) >= 11 is 0. The van der Waals surface area contributed by atoms with Crippen LogP contribution in [0.5, 0.6) is 0 Å². The number of fused-ring (bicyclic) bond motifs is 1. The van der Waals surface area contributed by atoms with Gasteiger partial charge in [-0.25, -0.2) is 8.42 Å². The van der Waals surface area contributed by atoms with Crippen molar-refractivity contribution in [3.8, 4) is 0 Å². The molecule has 0 spiro atoms. The van der Waals surface area contributed by atoms with E-state index < -0.39 is 14.8 Å². The minimum Gasteiger partial charge on any atom is -0.361 e. The van der Waals surface area contributed by atoms with Gasteiger partial charge >= 0.3 is 0 Å². The summed E-state index contributed by atoms with van der Waals surface area (Å²) < 4.78 is 23.1. The number of hydrogen-bond donors (Lipinski definition) is 2. The summed E-state index contributed by atoms with van der Waals surface area (Å²) in [7, 11) is -3.51. The van der Waals surface area contributed by atoms with E-state index in [1.54, 1.807) is 12.3 Å². The second-order valence-electron chi connectivity index (χ2n) is 5.11. The van der Waals surface area contributed by atoms with Crippen LogP contribution in [-0.4, -0.2) is 24.6 Å². The van der Waals surface area contributed by atoms with Crippen LogP contribution in [-0.2, 0) is 9.84 Å². The monoisotopic (exact) mass is 331 g/mol. The molecule has 0 aliphatic heterocycles. The summed E-state index contributed by atoms with van der Waals surface area (Å²) in [5.41, 5.74) is 1.57. The van der Waals surface area contributed by atoms with E-state index in [0.717, 1.165) is 23.2 Å². The van der Waals surface area contributed by atoms with Gasteiger partial charge in [0, 0.05) is 35.1 Å². The van der Waals surface area contributed by atoms with Crippen molar-refractivity contribution in [2.24, 2.45) is 0 Å². The van der Waals surface area contributed by atoms with E-state index in [0.29, 0.717) is 5.69 Å². The molecule has 3 aromatic rings. The van der Waals surface area contributed by atoms with Crippen LogP contribution in [0, 0.1) is 10.1 Å². The summed E-state index contributed by atoms with van der Waals surface area (Å²) in [6, 6.07) is 11.2. The smallest absolute Gasteiger partial charge is 0.293 e. The highest BCUT2D eigenvalue weighted by Gasteiger charge is 2.18. The average molecular weight is 331 g/mol. The van der Waals surface area contributed by atoms with Crippen molar-refractivity contribution in [3.63, 3.8) is 0 Å². The van der Waals surface area contributed by atoms with Crippen LogP contribution >= 0.6 is 0 Å². The quantitative estimate of drug-likeness (QED) is 0.564. The fraction of sp³-hybridized carbons (Fsp3) is 0.0667. The van der Waals surface area contributed by atoms with Crippen LogP contribution in [0.3, 0.4) is 0 Å². The summed E-state index contributed by atoms with van der Waals surface area (Å²) in [5.74, 6) is 0. The predicted molar refractivity (Wildman–Crippen MR) is 87.8 cm³/mol. The zero-order valence-electron chi connectivity index (χ0n) is 12.1. The molecule has 0 fully saturated rings. The number of sulfone groups is 1. The molecule has 0 radical (unpaired) electrons. The molecule has 0 atom stereocenters. The lowest BCUT2D eigenvalue weighted by Gasteiger charge is -2.08. The van der Waals surface area contributed by atoms with Gasteiger partial charge in [0.05, 0.1) is 9.82 Å². The number of rotatable bonds is 4. The molecule has 118 valence electrons. The molecule has 0 amide bonds. The van der Waals surface area contributed by atoms with Crippen LogP contribution in [0.1, 0.15) is 0 Å². The van der Waals surface area contributed by atoms with Crippen LogP contribution in [0.25, 0.3) is 10.9 Å². The number of nitrogens with one attached hydrogen (secondary N) is 2. The van der Waals surface area contributed by atoms with E-state index in [-0.39, 0.29) is 16.3 Å². The van der Waals surface area contributed by atoms with Crippen LogP contribution < -0.4 is 5.32 Å². The number of benzene rings is 2. The van der Waals surface area contributed by atoms with Crippen molar-refractivity contribution in [3.05, 3.63) is 58.8 Å². The first-order valence-corrected chi connectivity index (χ1v) is 8.56. The number of H-pyrrole nitrogens is 1. The van der Waals surface area contributed by atoms with Crippen molar-refractivity contribution in [1.29, 1.82) is 0 Å². The molecular formula is C15H13N3O4S. The minimum absolute atomic E-state index is 0.0872. The standard InChI is InChI=1S/C15H13N3O4S/c1-23(21,22)12-3-5-14(15(9-12)18(19)20)17-11-2-4-13-10(8-11)6-7-16-13/h2-9,16-17H,1H3. The summed E-state index contributed by atoms with van der Waals surface area (Å²) in [6.07, 6.45) is 2.82. The second-order valence-corrected chi connectivity index (χ2v) is 7.13. The normalized spacial score (nSPS) is 11.5. The van der Waals surface area contributed by atoms with Crippen LogP contribution in [0.4, 0.5) is 17.1 Å². The van der Waals surface area contributed by atoms with E-state index in [2.05, 4.69) is 10.3 Å². The third-order valence-corrected chi connectivity index (χ3v) is 4.54. The molecule has 0 aliphatic carbocycles. The molecule has 8 heteroatoms. The zero-order valence-corrected chi connectivity index (χ0v) is 12.9. The Kier molecular flexibility index (Phi) is 3.53. The summed E-state index contributed by atoms with van der Waals surface area (Å²) in [4.78, 5) is 13.6. The molecule has 2 aromatic carbocycles. The number of anilines is 2. The molecule has 0 saturated carbocycles. The fourth-order valence-electron chi connectivity index (χ4n) is 2.29. The lowest BCUT2D eigenvalue weighted by molar-refractivity contribution is -0.384. The Balaban J connectivity index is 2.03. The highest BCUT2D eigenvalue weighted by Crippen LogP contribution is 2.31. The molecule has 7 nitrogen and oxygen atoms in total. The number of aromatic amines is 1. The molecule has 0 bridgehead atoms.